The van der Waals surface area contributed by atoms with Crippen molar-refractivity contribution >= 4 is 28.9 Å². The van der Waals surface area contributed by atoms with Crippen LogP contribution in [-0.2, 0) is 4.74 Å². The third-order valence-electron chi connectivity index (χ3n) is 5.20. The van der Waals surface area contributed by atoms with Crippen LogP contribution in [0.1, 0.15) is 6.42 Å². The average Bonchev–Trinajstić information content (AvgIpc) is 3.38. The standard InChI is InChI=1S/C19H21N3O3S/c23-19(20-16-4-5-24-12-16)21-8-14-10-22(11-15(14)9-21)26-17-1-2-18-13(7-17)3-6-25-18/h1-3,6-7,16H,4-5,8-12H2,(H,20,23). The van der Waals surface area contributed by atoms with Crippen molar-refractivity contribution in [3.05, 3.63) is 41.7 Å². The summed E-state index contributed by atoms with van der Waals surface area (Å²) in [5, 5.41) is 4.22. The van der Waals surface area contributed by atoms with E-state index in [0.29, 0.717) is 6.61 Å². The number of hydrogen-bond acceptors (Lipinski definition) is 5. The molecule has 1 aromatic heterocycles. The Hall–Kier alpha value is -1.96. The van der Waals surface area contributed by atoms with Gasteiger partial charge in [0.2, 0.25) is 0 Å². The minimum Gasteiger partial charge on any atom is -0.464 e. The largest absolute Gasteiger partial charge is 0.464 e. The molecule has 136 valence electrons. The maximum atomic E-state index is 12.4. The molecule has 1 fully saturated rings. The fourth-order valence-corrected chi connectivity index (χ4v) is 4.87. The van der Waals surface area contributed by atoms with Crippen molar-refractivity contribution in [2.75, 3.05) is 39.4 Å². The Morgan fingerprint density at radius 3 is 2.77 bits per heavy atom. The fraction of sp³-hybridized carbons (Fsp3) is 0.421. The molecule has 0 saturated carbocycles. The van der Waals surface area contributed by atoms with Gasteiger partial charge in [0.15, 0.2) is 0 Å². The first kappa shape index (κ1) is 16.2. The van der Waals surface area contributed by atoms with Crippen LogP contribution in [-0.4, -0.2) is 60.7 Å². The number of carbonyl (C=O) groups is 1. The van der Waals surface area contributed by atoms with Crippen LogP contribution >= 0.6 is 11.9 Å². The summed E-state index contributed by atoms with van der Waals surface area (Å²) in [6.07, 6.45) is 2.64. The topological polar surface area (TPSA) is 58.0 Å². The van der Waals surface area contributed by atoms with Crippen LogP contribution in [0.4, 0.5) is 4.79 Å². The fourth-order valence-electron chi connectivity index (χ4n) is 3.82. The molecule has 0 spiro atoms. The Morgan fingerprint density at radius 1 is 1.15 bits per heavy atom. The van der Waals surface area contributed by atoms with Gasteiger partial charge in [-0.25, -0.2) is 9.10 Å². The minimum absolute atomic E-state index is 0.0412. The second-order valence-corrected chi connectivity index (χ2v) is 8.25. The number of carbonyl (C=O) groups excluding carboxylic acids is 1. The molecule has 4 heterocycles. The number of fused-ring (bicyclic) bond motifs is 1. The van der Waals surface area contributed by atoms with Gasteiger partial charge in [0.1, 0.15) is 5.58 Å². The number of urea groups is 1. The van der Waals surface area contributed by atoms with Crippen LogP contribution in [0.3, 0.4) is 0 Å². The molecule has 1 unspecified atom stereocenters. The molecule has 26 heavy (non-hydrogen) atoms. The molecule has 6 nitrogen and oxygen atoms in total. The predicted molar refractivity (Wildman–Crippen MR) is 100.0 cm³/mol. The number of hydrogen-bond donors (Lipinski definition) is 1. The average molecular weight is 371 g/mol. The van der Waals surface area contributed by atoms with Crippen molar-refractivity contribution in [3.8, 4) is 0 Å². The van der Waals surface area contributed by atoms with Gasteiger partial charge in [-0.2, -0.15) is 0 Å². The van der Waals surface area contributed by atoms with Gasteiger partial charge in [-0.3, -0.25) is 0 Å². The van der Waals surface area contributed by atoms with Crippen LogP contribution < -0.4 is 5.32 Å². The summed E-state index contributed by atoms with van der Waals surface area (Å²) in [6, 6.07) is 8.49. The summed E-state index contributed by atoms with van der Waals surface area (Å²) in [7, 11) is 0. The SMILES string of the molecule is O=C(NC1CCOC1)N1CC2=C(CN(Sc3ccc4occc4c3)C2)C1. The summed E-state index contributed by atoms with van der Waals surface area (Å²) in [4.78, 5) is 15.5. The Bertz CT molecular complexity index is 854. The molecule has 1 atom stereocenters. The first-order valence-electron chi connectivity index (χ1n) is 8.98. The minimum atomic E-state index is 0.0412. The van der Waals surface area contributed by atoms with Gasteiger partial charge in [-0.15, -0.1) is 0 Å². The van der Waals surface area contributed by atoms with E-state index in [9.17, 15) is 4.79 Å². The lowest BCUT2D eigenvalue weighted by molar-refractivity contribution is 0.182. The lowest BCUT2D eigenvalue weighted by Crippen LogP contribution is -2.45. The summed E-state index contributed by atoms with van der Waals surface area (Å²) in [5.74, 6) is 0. The molecule has 1 N–H and O–H groups in total. The lowest BCUT2D eigenvalue weighted by Gasteiger charge is -2.23. The Labute approximate surface area is 156 Å². The molecule has 1 aromatic carbocycles. The van der Waals surface area contributed by atoms with Crippen molar-refractivity contribution < 1.29 is 13.9 Å². The van der Waals surface area contributed by atoms with Crippen molar-refractivity contribution in [3.63, 3.8) is 0 Å². The number of furan rings is 1. The van der Waals surface area contributed by atoms with E-state index < -0.39 is 0 Å². The van der Waals surface area contributed by atoms with Crippen molar-refractivity contribution in [1.29, 1.82) is 0 Å². The van der Waals surface area contributed by atoms with Gasteiger partial charge < -0.3 is 19.4 Å². The van der Waals surface area contributed by atoms with Crippen LogP contribution in [0, 0.1) is 0 Å². The smallest absolute Gasteiger partial charge is 0.318 e. The van der Waals surface area contributed by atoms with Crippen LogP contribution in [0.25, 0.3) is 11.0 Å². The summed E-state index contributed by atoms with van der Waals surface area (Å²) >= 11 is 1.78. The zero-order valence-electron chi connectivity index (χ0n) is 14.4. The van der Waals surface area contributed by atoms with E-state index in [2.05, 4.69) is 21.8 Å². The molecule has 7 heteroatoms. The molecule has 0 bridgehead atoms. The first-order chi connectivity index (χ1) is 12.7. The van der Waals surface area contributed by atoms with Crippen molar-refractivity contribution in [2.24, 2.45) is 0 Å². The van der Waals surface area contributed by atoms with Gasteiger partial charge in [0, 0.05) is 43.1 Å². The van der Waals surface area contributed by atoms with Gasteiger partial charge >= 0.3 is 6.03 Å². The zero-order valence-corrected chi connectivity index (χ0v) is 15.3. The number of rotatable bonds is 3. The van der Waals surface area contributed by atoms with Crippen molar-refractivity contribution in [2.45, 2.75) is 17.4 Å². The summed E-state index contributed by atoms with van der Waals surface area (Å²) in [5.41, 5.74) is 3.70. The molecular weight excluding hydrogens is 350 g/mol. The highest BCUT2D eigenvalue weighted by atomic mass is 32.2. The molecule has 0 aliphatic carbocycles. The van der Waals surface area contributed by atoms with Crippen LogP contribution in [0.5, 0.6) is 0 Å². The Morgan fingerprint density at radius 2 is 2.00 bits per heavy atom. The van der Waals surface area contributed by atoms with E-state index in [1.54, 1.807) is 18.2 Å². The van der Waals surface area contributed by atoms with Gasteiger partial charge in [0.25, 0.3) is 0 Å². The lowest BCUT2D eigenvalue weighted by atomic mass is 10.2. The third-order valence-corrected chi connectivity index (χ3v) is 6.18. The van der Waals surface area contributed by atoms with Gasteiger partial charge in [-0.05, 0) is 53.8 Å². The number of nitrogens with zero attached hydrogens (tertiary/aromatic N) is 2. The van der Waals surface area contributed by atoms with Gasteiger partial charge in [-0.1, -0.05) is 0 Å². The molecule has 2 aromatic rings. The Kier molecular flexibility index (Phi) is 4.15. The van der Waals surface area contributed by atoms with Crippen LogP contribution in [0.2, 0.25) is 0 Å². The maximum Gasteiger partial charge on any atom is 0.318 e. The number of ether oxygens (including phenoxy) is 1. The second kappa shape index (κ2) is 6.64. The number of benzene rings is 1. The Balaban J connectivity index is 1.16. The highest BCUT2D eigenvalue weighted by Gasteiger charge is 2.33. The van der Waals surface area contributed by atoms with Crippen LogP contribution in [0.15, 0.2) is 51.0 Å². The zero-order chi connectivity index (χ0) is 17.5. The molecule has 5 rings (SSSR count). The number of amides is 2. The van der Waals surface area contributed by atoms with E-state index in [0.717, 1.165) is 50.2 Å². The third kappa shape index (κ3) is 3.11. The highest BCUT2D eigenvalue weighted by molar-refractivity contribution is 7.97. The second-order valence-electron chi connectivity index (χ2n) is 7.08. The van der Waals surface area contributed by atoms with Crippen molar-refractivity contribution in [1.82, 2.24) is 14.5 Å². The molecule has 2 amide bonds. The first-order valence-corrected chi connectivity index (χ1v) is 9.75. The predicted octanol–water partition coefficient (Wildman–Crippen LogP) is 2.87. The number of nitrogens with one attached hydrogen (secondary N) is 1. The van der Waals surface area contributed by atoms with E-state index in [-0.39, 0.29) is 12.1 Å². The summed E-state index contributed by atoms with van der Waals surface area (Å²) in [6.45, 7) is 4.70. The maximum absolute atomic E-state index is 12.4. The molecule has 3 aliphatic heterocycles. The monoisotopic (exact) mass is 371 g/mol. The molecular formula is C19H21N3O3S. The molecule has 0 radical (unpaired) electrons. The summed E-state index contributed by atoms with van der Waals surface area (Å²) < 4.78 is 13.1. The van der Waals surface area contributed by atoms with E-state index in [1.165, 1.54) is 16.0 Å². The normalized spacial score (nSPS) is 23.2. The highest BCUT2D eigenvalue weighted by Crippen LogP contribution is 2.34. The van der Waals surface area contributed by atoms with E-state index >= 15 is 0 Å². The quantitative estimate of drug-likeness (QED) is 0.664. The van der Waals surface area contributed by atoms with E-state index in [1.807, 2.05) is 17.0 Å². The molecule has 1 saturated heterocycles. The molecule has 3 aliphatic rings. The van der Waals surface area contributed by atoms with Gasteiger partial charge in [0.05, 0.1) is 18.9 Å². The van der Waals surface area contributed by atoms with E-state index in [4.69, 9.17) is 9.15 Å².